The minimum absolute atomic E-state index is 0.0270. The van der Waals surface area contributed by atoms with E-state index in [9.17, 15) is 6.85 Å². The van der Waals surface area contributed by atoms with Gasteiger partial charge >= 0.3 is 0 Å². The predicted molar refractivity (Wildman–Crippen MR) is 190 cm³/mol. The van der Waals surface area contributed by atoms with Gasteiger partial charge in [-0.3, -0.25) is 0 Å². The SMILES string of the molecule is [2H]c1c([2H])c([2H])c(-c2c([2H])c([2H])c([2H])c3c2oc2c(-c4cccc(-c5c6c([2H])c([2H])c([2H])c([2H])c6c(-c6c([2H])c([2H])c([2H])c([2H])c6[2H])c6c([2H])c([2H])c([2H])c([2H])c56)c4)c([2H])c([2H])c([2H])c23)c([2H])c1[2H]. The van der Waals surface area contributed by atoms with Gasteiger partial charge in [0, 0.05) is 21.9 Å². The molecule has 0 aliphatic rings. The van der Waals surface area contributed by atoms with Crippen LogP contribution in [0.25, 0.3) is 88.0 Å². The van der Waals surface area contributed by atoms with Crippen molar-refractivity contribution in [2.75, 3.05) is 0 Å². The predicted octanol–water partition coefficient (Wildman–Crippen LogP) is 12.6. The molecule has 0 amide bonds. The summed E-state index contributed by atoms with van der Waals surface area (Å²) in [6.45, 7) is 0. The lowest BCUT2D eigenvalue weighted by molar-refractivity contribution is 0.671. The summed E-state index contributed by atoms with van der Waals surface area (Å²) >= 11 is 0. The number of hydrogen-bond acceptors (Lipinski definition) is 1. The topological polar surface area (TPSA) is 13.1 Å². The Labute approximate surface area is 295 Å². The van der Waals surface area contributed by atoms with Crippen LogP contribution in [0.3, 0.4) is 0 Å². The molecular weight excluding hydrogens is 544 g/mol. The van der Waals surface area contributed by atoms with E-state index in [1.54, 1.807) is 0 Å². The summed E-state index contributed by atoms with van der Waals surface area (Å²) in [5.41, 5.74) is -3.61. The summed E-state index contributed by atoms with van der Waals surface area (Å²) in [4.78, 5) is 0. The number of para-hydroxylation sites is 2. The summed E-state index contributed by atoms with van der Waals surface area (Å²) in [6, 6.07) is -13.1. The molecule has 1 heterocycles. The monoisotopic (exact) mass is 596 g/mol. The van der Waals surface area contributed by atoms with Crippen molar-refractivity contribution in [3.8, 4) is 44.5 Å². The molecule has 1 heteroatoms. The van der Waals surface area contributed by atoms with E-state index in [2.05, 4.69) is 0 Å². The molecule has 0 aliphatic carbocycles. The molecule has 0 N–H and O–H groups in total. The van der Waals surface area contributed by atoms with Crippen LogP contribution in [0.4, 0.5) is 0 Å². The Kier molecular flexibility index (Phi) is 2.58. The van der Waals surface area contributed by atoms with E-state index in [4.69, 9.17) is 30.5 Å². The van der Waals surface area contributed by atoms with Gasteiger partial charge in [-0.05, 0) is 61.0 Å². The highest BCUT2D eigenvalue weighted by Crippen LogP contribution is 2.45. The van der Waals surface area contributed by atoms with Crippen LogP contribution in [0.1, 0.15) is 32.9 Å². The maximum atomic E-state index is 9.30. The molecule has 1 aromatic heterocycles. The van der Waals surface area contributed by atoms with Crippen molar-refractivity contribution in [3.05, 3.63) is 169 Å². The van der Waals surface area contributed by atoms with Crippen molar-refractivity contribution in [3.63, 3.8) is 0 Å². The van der Waals surface area contributed by atoms with E-state index >= 15 is 0 Å². The molecule has 1 nitrogen and oxygen atoms in total. The number of rotatable bonds is 4. The maximum absolute atomic E-state index is 9.30. The Hall–Kier alpha value is -5.92. The van der Waals surface area contributed by atoms with E-state index in [0.717, 1.165) is 0 Å². The minimum atomic E-state index is -0.836. The van der Waals surface area contributed by atoms with Gasteiger partial charge in [0.15, 0.2) is 0 Å². The summed E-state index contributed by atoms with van der Waals surface area (Å²) < 4.78 is 217. The Morgan fingerprint density at radius 3 is 1.33 bits per heavy atom. The van der Waals surface area contributed by atoms with Gasteiger partial charge in [-0.25, -0.2) is 0 Å². The molecule has 0 fully saturated rings. The average Bonchev–Trinajstić information content (AvgIpc) is 3.72. The standard InChI is InChI=1S/C44H28O/c1-3-14-29(15-4-1)33-24-12-26-39-40-27-13-25-34(44(40)45-43(33)39)31-18-11-19-32(28-31)42-37-22-9-7-20-35(37)41(30-16-5-2-6-17-30)36-21-8-10-23-38(36)42/h1-28H/i1D,2D,3D,4D,5D,6D,7D,8D,9D,10D,12D,13D,14D,15D,16D,17D,20D,21D,22D,23D,24D,25D,26D,27D. The molecule has 0 bridgehead atoms. The zero-order chi connectivity index (χ0) is 50.6. The van der Waals surface area contributed by atoms with Crippen LogP contribution < -0.4 is 0 Å². The fourth-order valence-electron chi connectivity index (χ4n) is 5.57. The van der Waals surface area contributed by atoms with Crippen LogP contribution in [0.5, 0.6) is 0 Å². The molecule has 8 aromatic carbocycles. The maximum Gasteiger partial charge on any atom is 0.143 e. The lowest BCUT2D eigenvalue weighted by atomic mass is 9.85. The molecule has 0 radical (unpaired) electrons. The molecule has 0 unspecified atom stereocenters. The zero-order valence-electron chi connectivity index (χ0n) is 46.7. The second-order valence-corrected chi connectivity index (χ2v) is 9.84. The first-order valence-corrected chi connectivity index (χ1v) is 13.5. The number of hydrogen-bond donors (Lipinski definition) is 0. The fraction of sp³-hybridized carbons (Fsp3) is 0. The normalized spacial score (nSPS) is 19.0. The van der Waals surface area contributed by atoms with E-state index in [-0.39, 0.29) is 38.6 Å². The second kappa shape index (κ2) is 10.4. The number of fused-ring (bicyclic) bond motifs is 5. The molecule has 9 aromatic rings. The number of furan rings is 1. The molecule has 0 aliphatic heterocycles. The summed E-state index contributed by atoms with van der Waals surface area (Å²) in [6.07, 6.45) is 0. The first-order valence-electron chi connectivity index (χ1n) is 25.5. The lowest BCUT2D eigenvalue weighted by Crippen LogP contribution is -1.91. The van der Waals surface area contributed by atoms with E-state index < -0.39 is 194 Å². The van der Waals surface area contributed by atoms with Gasteiger partial charge < -0.3 is 4.42 Å². The third-order valence-electron chi connectivity index (χ3n) is 7.43. The zero-order valence-corrected chi connectivity index (χ0v) is 22.7. The molecule has 0 atom stereocenters. The van der Waals surface area contributed by atoms with Crippen LogP contribution in [-0.2, 0) is 0 Å². The Bertz CT molecular complexity index is 3750. The van der Waals surface area contributed by atoms with Crippen molar-refractivity contribution in [1.82, 2.24) is 0 Å². The average molecular weight is 597 g/mol. The third-order valence-corrected chi connectivity index (χ3v) is 7.43. The summed E-state index contributed by atoms with van der Waals surface area (Å²) in [5, 5.41) is -2.39. The third kappa shape index (κ3) is 4.09. The molecule has 0 saturated heterocycles. The van der Waals surface area contributed by atoms with Gasteiger partial charge in [-0.1, -0.05) is 163 Å². The van der Waals surface area contributed by atoms with Crippen molar-refractivity contribution < 1.29 is 37.3 Å². The highest BCUT2D eigenvalue weighted by molar-refractivity contribution is 6.21. The van der Waals surface area contributed by atoms with Crippen molar-refractivity contribution in [2.45, 2.75) is 0 Å². The van der Waals surface area contributed by atoms with Gasteiger partial charge in [0.1, 0.15) is 11.2 Å². The first kappa shape index (κ1) is 11.2. The smallest absolute Gasteiger partial charge is 0.143 e. The Morgan fingerprint density at radius 2 is 0.778 bits per heavy atom. The molecular formula is C44H28O. The van der Waals surface area contributed by atoms with Gasteiger partial charge in [0.25, 0.3) is 0 Å². The molecule has 210 valence electrons. The van der Waals surface area contributed by atoms with Crippen molar-refractivity contribution >= 4 is 43.5 Å². The van der Waals surface area contributed by atoms with Crippen LogP contribution in [0.2, 0.25) is 0 Å². The highest BCUT2D eigenvalue weighted by atomic mass is 16.3. The molecule has 45 heavy (non-hydrogen) atoms. The van der Waals surface area contributed by atoms with E-state index in [1.807, 2.05) is 0 Å². The lowest BCUT2D eigenvalue weighted by Gasteiger charge is -2.18. The molecule has 0 saturated carbocycles. The Morgan fingerprint density at radius 1 is 0.356 bits per heavy atom. The van der Waals surface area contributed by atoms with Crippen LogP contribution in [-0.4, -0.2) is 0 Å². The van der Waals surface area contributed by atoms with E-state index in [0.29, 0.717) is 0 Å². The van der Waals surface area contributed by atoms with Crippen LogP contribution in [0, 0.1) is 0 Å². The largest absolute Gasteiger partial charge is 0.455 e. The molecule has 9 rings (SSSR count). The van der Waals surface area contributed by atoms with Gasteiger partial charge in [-0.2, -0.15) is 0 Å². The first-order chi connectivity index (χ1) is 32.3. The van der Waals surface area contributed by atoms with Gasteiger partial charge in [0.05, 0.1) is 32.9 Å². The second-order valence-electron chi connectivity index (χ2n) is 9.84. The van der Waals surface area contributed by atoms with Gasteiger partial charge in [0.2, 0.25) is 0 Å². The van der Waals surface area contributed by atoms with Crippen LogP contribution >= 0.6 is 0 Å². The molecule has 0 spiro atoms. The summed E-state index contributed by atoms with van der Waals surface area (Å²) in [7, 11) is 0. The van der Waals surface area contributed by atoms with E-state index in [1.165, 1.54) is 24.3 Å². The quantitative estimate of drug-likeness (QED) is 0.184. The van der Waals surface area contributed by atoms with Gasteiger partial charge in [-0.15, -0.1) is 0 Å². The van der Waals surface area contributed by atoms with Crippen LogP contribution in [0.15, 0.2) is 174 Å². The fourth-order valence-corrected chi connectivity index (χ4v) is 5.57. The van der Waals surface area contributed by atoms with Crippen molar-refractivity contribution in [1.29, 1.82) is 0 Å². The minimum Gasteiger partial charge on any atom is -0.455 e. The number of benzene rings is 8. The highest BCUT2D eigenvalue weighted by Gasteiger charge is 2.18. The Balaban J connectivity index is 1.48. The summed E-state index contributed by atoms with van der Waals surface area (Å²) in [5.74, 6) is 0. The van der Waals surface area contributed by atoms with Crippen molar-refractivity contribution in [2.24, 2.45) is 0 Å².